The number of aromatic nitrogens is 3. The number of anilines is 3. The van der Waals surface area contributed by atoms with E-state index < -0.39 is 11.5 Å². The van der Waals surface area contributed by atoms with Gasteiger partial charge in [-0.2, -0.15) is 0 Å². The van der Waals surface area contributed by atoms with E-state index in [9.17, 15) is 9.59 Å². The Morgan fingerprint density at radius 2 is 2.12 bits per heavy atom. The predicted molar refractivity (Wildman–Crippen MR) is 91.4 cm³/mol. The number of esters is 1. The van der Waals surface area contributed by atoms with Crippen molar-refractivity contribution in [1.82, 2.24) is 15.0 Å². The van der Waals surface area contributed by atoms with Crippen LogP contribution in [-0.2, 0) is 9.47 Å². The molecule has 2 aromatic heterocycles. The molecule has 0 amide bonds. The van der Waals surface area contributed by atoms with Crippen LogP contribution in [0.1, 0.15) is 17.3 Å². The lowest BCUT2D eigenvalue weighted by Gasteiger charge is -2.27. The first-order valence-electron chi connectivity index (χ1n) is 7.99. The third kappa shape index (κ3) is 4.13. The Morgan fingerprint density at radius 1 is 1.32 bits per heavy atom. The fourth-order valence-electron chi connectivity index (χ4n) is 2.39. The number of morpholine rings is 1. The summed E-state index contributed by atoms with van der Waals surface area (Å²) in [6.07, 6.45) is 2.85. The molecule has 3 heterocycles. The van der Waals surface area contributed by atoms with Gasteiger partial charge in [0.1, 0.15) is 11.4 Å². The van der Waals surface area contributed by atoms with Crippen LogP contribution in [0.4, 0.5) is 17.5 Å². The SMILES string of the molecule is CCOC(=O)c1cnc(Nc2ccc(N3CCOCC3)nc2)[nH]c1=O. The summed E-state index contributed by atoms with van der Waals surface area (Å²) in [6, 6.07) is 3.73. The van der Waals surface area contributed by atoms with E-state index in [0.29, 0.717) is 18.9 Å². The highest BCUT2D eigenvalue weighted by atomic mass is 16.5. The van der Waals surface area contributed by atoms with Crippen LogP contribution in [0, 0.1) is 0 Å². The lowest BCUT2D eigenvalue weighted by molar-refractivity contribution is 0.0524. The smallest absolute Gasteiger partial charge is 0.345 e. The maximum atomic E-state index is 11.9. The maximum absolute atomic E-state index is 11.9. The molecule has 1 aliphatic rings. The van der Waals surface area contributed by atoms with Gasteiger partial charge in [0.15, 0.2) is 0 Å². The molecule has 0 unspecified atom stereocenters. The highest BCUT2D eigenvalue weighted by Crippen LogP contribution is 2.17. The van der Waals surface area contributed by atoms with Gasteiger partial charge in [-0.1, -0.05) is 0 Å². The number of rotatable bonds is 5. The summed E-state index contributed by atoms with van der Waals surface area (Å²) in [5.74, 6) is 0.395. The average molecular weight is 345 g/mol. The molecule has 1 saturated heterocycles. The number of aromatic amines is 1. The van der Waals surface area contributed by atoms with Gasteiger partial charge in [0.05, 0.1) is 37.9 Å². The molecule has 0 saturated carbocycles. The van der Waals surface area contributed by atoms with Gasteiger partial charge in [0.2, 0.25) is 5.95 Å². The topological polar surface area (TPSA) is 109 Å². The molecule has 0 spiro atoms. The predicted octanol–water partition coefficient (Wildman–Crippen LogP) is 0.922. The first kappa shape index (κ1) is 16.9. The summed E-state index contributed by atoms with van der Waals surface area (Å²) in [6.45, 7) is 4.87. The largest absolute Gasteiger partial charge is 0.462 e. The van der Waals surface area contributed by atoms with Crippen molar-refractivity contribution in [3.8, 4) is 0 Å². The van der Waals surface area contributed by atoms with Crippen molar-refractivity contribution in [2.75, 3.05) is 43.1 Å². The molecule has 0 bridgehead atoms. The van der Waals surface area contributed by atoms with E-state index >= 15 is 0 Å². The van der Waals surface area contributed by atoms with Crippen molar-refractivity contribution in [3.05, 3.63) is 40.4 Å². The Labute approximate surface area is 144 Å². The molecule has 2 aromatic rings. The van der Waals surface area contributed by atoms with Crippen LogP contribution in [0.2, 0.25) is 0 Å². The number of carbonyl (C=O) groups is 1. The van der Waals surface area contributed by atoms with Gasteiger partial charge in [0.25, 0.3) is 5.56 Å². The van der Waals surface area contributed by atoms with Crippen molar-refractivity contribution >= 4 is 23.4 Å². The minimum Gasteiger partial charge on any atom is -0.462 e. The number of H-pyrrole nitrogens is 1. The molecule has 132 valence electrons. The number of pyridine rings is 1. The monoisotopic (exact) mass is 345 g/mol. The van der Waals surface area contributed by atoms with Crippen LogP contribution in [0.3, 0.4) is 0 Å². The maximum Gasteiger partial charge on any atom is 0.345 e. The molecule has 2 N–H and O–H groups in total. The minimum atomic E-state index is -0.695. The van der Waals surface area contributed by atoms with Gasteiger partial charge in [0, 0.05) is 13.1 Å². The third-order valence-corrected chi connectivity index (χ3v) is 3.64. The lowest BCUT2D eigenvalue weighted by Crippen LogP contribution is -2.36. The highest BCUT2D eigenvalue weighted by molar-refractivity contribution is 5.88. The second-order valence-corrected chi connectivity index (χ2v) is 5.32. The van der Waals surface area contributed by atoms with E-state index in [4.69, 9.17) is 9.47 Å². The fraction of sp³-hybridized carbons (Fsp3) is 0.375. The van der Waals surface area contributed by atoms with E-state index in [1.807, 2.05) is 12.1 Å². The van der Waals surface area contributed by atoms with E-state index in [1.165, 1.54) is 6.20 Å². The van der Waals surface area contributed by atoms with Gasteiger partial charge in [-0.15, -0.1) is 0 Å². The Kier molecular flexibility index (Phi) is 5.24. The van der Waals surface area contributed by atoms with Crippen molar-refractivity contribution in [1.29, 1.82) is 0 Å². The summed E-state index contributed by atoms with van der Waals surface area (Å²) in [4.78, 5) is 36.6. The number of ether oxygens (including phenoxy) is 2. The molecule has 0 aliphatic carbocycles. The second kappa shape index (κ2) is 7.75. The van der Waals surface area contributed by atoms with Gasteiger partial charge >= 0.3 is 5.97 Å². The second-order valence-electron chi connectivity index (χ2n) is 5.32. The third-order valence-electron chi connectivity index (χ3n) is 3.64. The summed E-state index contributed by atoms with van der Waals surface area (Å²) >= 11 is 0. The standard InChI is InChI=1S/C16H19N5O4/c1-2-25-15(23)12-10-18-16(20-14(12)22)19-11-3-4-13(17-9-11)21-5-7-24-8-6-21/h3-4,9-10H,2,5-8H2,1H3,(H2,18,19,20,22). The molecule has 0 aromatic carbocycles. The molecule has 1 fully saturated rings. The molecule has 9 nitrogen and oxygen atoms in total. The van der Waals surface area contributed by atoms with Crippen molar-refractivity contribution in [2.24, 2.45) is 0 Å². The summed E-state index contributed by atoms with van der Waals surface area (Å²) < 4.78 is 10.1. The van der Waals surface area contributed by atoms with E-state index in [-0.39, 0.29) is 18.1 Å². The highest BCUT2D eigenvalue weighted by Gasteiger charge is 2.14. The molecule has 25 heavy (non-hydrogen) atoms. The quantitative estimate of drug-likeness (QED) is 0.770. The molecular weight excluding hydrogens is 326 g/mol. The zero-order chi connectivity index (χ0) is 17.6. The van der Waals surface area contributed by atoms with Crippen LogP contribution < -0.4 is 15.8 Å². The molecule has 9 heteroatoms. The number of hydrogen-bond acceptors (Lipinski definition) is 8. The molecular formula is C16H19N5O4. The summed E-state index contributed by atoms with van der Waals surface area (Å²) in [5, 5.41) is 2.95. The van der Waals surface area contributed by atoms with E-state index in [2.05, 4.69) is 25.2 Å². The zero-order valence-corrected chi connectivity index (χ0v) is 13.8. The molecule has 0 atom stereocenters. The van der Waals surface area contributed by atoms with Gasteiger partial charge in [-0.25, -0.2) is 14.8 Å². The Bertz CT molecular complexity index is 784. The molecule has 3 rings (SSSR count). The number of nitrogens with zero attached hydrogens (tertiary/aromatic N) is 3. The Hall–Kier alpha value is -2.94. The molecule has 0 radical (unpaired) electrons. The average Bonchev–Trinajstić information content (AvgIpc) is 2.63. The van der Waals surface area contributed by atoms with Crippen LogP contribution in [0.5, 0.6) is 0 Å². The van der Waals surface area contributed by atoms with Crippen LogP contribution in [-0.4, -0.2) is 53.8 Å². The normalized spacial score (nSPS) is 14.2. The minimum absolute atomic E-state index is 0.131. The number of carbonyl (C=O) groups excluding carboxylic acids is 1. The van der Waals surface area contributed by atoms with Gasteiger partial charge in [-0.3, -0.25) is 9.78 Å². The van der Waals surface area contributed by atoms with E-state index in [1.54, 1.807) is 13.1 Å². The van der Waals surface area contributed by atoms with Crippen LogP contribution >= 0.6 is 0 Å². The Balaban J connectivity index is 1.68. The Morgan fingerprint density at radius 3 is 2.76 bits per heavy atom. The van der Waals surface area contributed by atoms with Crippen LogP contribution in [0.15, 0.2) is 29.3 Å². The van der Waals surface area contributed by atoms with Gasteiger partial charge in [-0.05, 0) is 19.1 Å². The summed E-state index contributed by atoms with van der Waals surface area (Å²) in [5.41, 5.74) is -0.0221. The molecule has 1 aliphatic heterocycles. The van der Waals surface area contributed by atoms with E-state index in [0.717, 1.165) is 18.9 Å². The number of nitrogens with one attached hydrogen (secondary N) is 2. The zero-order valence-electron chi connectivity index (χ0n) is 13.8. The lowest BCUT2D eigenvalue weighted by atomic mass is 10.3. The van der Waals surface area contributed by atoms with Crippen molar-refractivity contribution in [3.63, 3.8) is 0 Å². The van der Waals surface area contributed by atoms with Crippen molar-refractivity contribution in [2.45, 2.75) is 6.92 Å². The first-order valence-corrected chi connectivity index (χ1v) is 7.99. The van der Waals surface area contributed by atoms with Crippen LogP contribution in [0.25, 0.3) is 0 Å². The van der Waals surface area contributed by atoms with Gasteiger partial charge < -0.3 is 19.7 Å². The number of hydrogen-bond donors (Lipinski definition) is 2. The first-order chi connectivity index (χ1) is 12.2. The fourth-order valence-corrected chi connectivity index (χ4v) is 2.39. The van der Waals surface area contributed by atoms with Crippen molar-refractivity contribution < 1.29 is 14.3 Å². The summed E-state index contributed by atoms with van der Waals surface area (Å²) in [7, 11) is 0.